The molecule has 0 aliphatic carbocycles. The maximum Gasteiger partial charge on any atom is 0.223 e. The summed E-state index contributed by atoms with van der Waals surface area (Å²) < 4.78 is 0.236. The Kier molecular flexibility index (Phi) is 4.10. The van der Waals surface area contributed by atoms with Gasteiger partial charge in [-0.05, 0) is 13.8 Å². The first-order chi connectivity index (χ1) is 6.05. The topological polar surface area (TPSA) is 20.3 Å². The fourth-order valence-corrected chi connectivity index (χ4v) is 2.92. The normalized spacial score (nSPS) is 21.6. The molecule has 0 saturated carbocycles. The van der Waals surface area contributed by atoms with Crippen LogP contribution in [0.1, 0.15) is 20.3 Å². The molecule has 0 aromatic rings. The minimum atomic E-state index is 0.236. The van der Waals surface area contributed by atoms with Crippen molar-refractivity contribution in [2.75, 3.05) is 24.2 Å². The van der Waals surface area contributed by atoms with Gasteiger partial charge in [0, 0.05) is 35.3 Å². The molecule has 0 atom stereocenters. The molecular formula is C9H16BrNOS. The number of carbonyl (C=O) groups is 1. The summed E-state index contributed by atoms with van der Waals surface area (Å²) in [5, 5.41) is 0.774. The second-order valence-corrected chi connectivity index (χ2v) is 6.46. The van der Waals surface area contributed by atoms with Crippen molar-refractivity contribution in [3.05, 3.63) is 0 Å². The predicted molar refractivity (Wildman–Crippen MR) is 61.5 cm³/mol. The van der Waals surface area contributed by atoms with E-state index in [1.807, 2.05) is 16.7 Å². The molecule has 0 aromatic carbocycles. The van der Waals surface area contributed by atoms with Crippen molar-refractivity contribution in [3.8, 4) is 0 Å². The molecule has 0 radical (unpaired) electrons. The van der Waals surface area contributed by atoms with Gasteiger partial charge in [0.2, 0.25) is 5.91 Å². The Balaban J connectivity index is 2.47. The average Bonchev–Trinajstić information content (AvgIpc) is 2.03. The third kappa shape index (κ3) is 3.50. The fraction of sp³-hybridized carbons (Fsp3) is 0.889. The van der Waals surface area contributed by atoms with Crippen LogP contribution in [0.2, 0.25) is 0 Å². The van der Waals surface area contributed by atoms with Gasteiger partial charge in [-0.15, -0.1) is 0 Å². The van der Waals surface area contributed by atoms with E-state index in [2.05, 4.69) is 29.8 Å². The Morgan fingerprint density at radius 2 is 2.31 bits per heavy atom. The molecular weight excluding hydrogens is 250 g/mol. The van der Waals surface area contributed by atoms with Gasteiger partial charge in [0.05, 0.1) is 0 Å². The van der Waals surface area contributed by atoms with Crippen molar-refractivity contribution in [2.24, 2.45) is 0 Å². The van der Waals surface area contributed by atoms with E-state index in [-0.39, 0.29) is 10.7 Å². The number of hydrogen-bond acceptors (Lipinski definition) is 2. The summed E-state index contributed by atoms with van der Waals surface area (Å²) in [4.78, 5) is 13.6. The summed E-state index contributed by atoms with van der Waals surface area (Å²) in [6.45, 7) is 6.21. The van der Waals surface area contributed by atoms with Crippen molar-refractivity contribution < 1.29 is 4.79 Å². The van der Waals surface area contributed by atoms with Crippen LogP contribution >= 0.6 is 27.7 Å². The first-order valence-corrected chi connectivity index (χ1v) is 6.63. The molecule has 76 valence electrons. The molecule has 13 heavy (non-hydrogen) atoms. The van der Waals surface area contributed by atoms with Crippen LogP contribution in [0, 0.1) is 0 Å². The van der Waals surface area contributed by atoms with Gasteiger partial charge in [0.15, 0.2) is 0 Å². The third-order valence-corrected chi connectivity index (χ3v) is 3.78. The van der Waals surface area contributed by atoms with Crippen LogP contribution in [0.4, 0.5) is 0 Å². The Hall–Kier alpha value is 0.300. The van der Waals surface area contributed by atoms with Gasteiger partial charge in [-0.2, -0.15) is 11.8 Å². The molecule has 1 amide bonds. The molecule has 1 aliphatic heterocycles. The minimum absolute atomic E-state index is 0.236. The van der Waals surface area contributed by atoms with Crippen molar-refractivity contribution in [2.45, 2.75) is 25.0 Å². The number of rotatable bonds is 2. The zero-order chi connectivity index (χ0) is 9.90. The summed E-state index contributed by atoms with van der Waals surface area (Å²) in [7, 11) is 0. The third-order valence-electron chi connectivity index (χ3n) is 2.09. The van der Waals surface area contributed by atoms with E-state index in [1.165, 1.54) is 0 Å². The molecule has 4 heteroatoms. The highest BCUT2D eigenvalue weighted by molar-refractivity contribution is 9.09. The van der Waals surface area contributed by atoms with E-state index in [0.717, 1.165) is 24.2 Å². The van der Waals surface area contributed by atoms with Crippen molar-refractivity contribution >= 4 is 33.6 Å². The van der Waals surface area contributed by atoms with Gasteiger partial charge < -0.3 is 4.90 Å². The van der Waals surface area contributed by atoms with Crippen LogP contribution in [0.3, 0.4) is 0 Å². The van der Waals surface area contributed by atoms with E-state index in [1.54, 1.807) is 0 Å². The second-order valence-electron chi connectivity index (χ2n) is 3.86. The lowest BCUT2D eigenvalue weighted by atomic mass is 10.2. The number of amides is 1. The molecule has 0 bridgehead atoms. The number of nitrogens with zero attached hydrogens (tertiary/aromatic N) is 1. The van der Waals surface area contributed by atoms with Gasteiger partial charge in [-0.3, -0.25) is 4.79 Å². The highest BCUT2D eigenvalue weighted by atomic mass is 79.9. The molecule has 1 saturated heterocycles. The van der Waals surface area contributed by atoms with E-state index < -0.39 is 0 Å². The fourth-order valence-electron chi connectivity index (χ4n) is 1.47. The van der Waals surface area contributed by atoms with Crippen LogP contribution in [-0.4, -0.2) is 39.7 Å². The molecule has 2 nitrogen and oxygen atoms in total. The van der Waals surface area contributed by atoms with E-state index in [9.17, 15) is 4.79 Å². The van der Waals surface area contributed by atoms with Gasteiger partial charge in [-0.1, -0.05) is 15.9 Å². The Morgan fingerprint density at radius 3 is 2.85 bits per heavy atom. The number of carbonyl (C=O) groups excluding carboxylic acids is 1. The van der Waals surface area contributed by atoms with Crippen LogP contribution in [0.5, 0.6) is 0 Å². The summed E-state index contributed by atoms with van der Waals surface area (Å²) >= 11 is 5.25. The van der Waals surface area contributed by atoms with Crippen molar-refractivity contribution in [1.29, 1.82) is 0 Å². The quantitative estimate of drug-likeness (QED) is 0.714. The average molecular weight is 266 g/mol. The zero-order valence-electron chi connectivity index (χ0n) is 8.18. The maximum absolute atomic E-state index is 11.6. The van der Waals surface area contributed by atoms with Crippen LogP contribution in [0.15, 0.2) is 0 Å². The summed E-state index contributed by atoms with van der Waals surface area (Å²) in [6.07, 6.45) is 0.626. The van der Waals surface area contributed by atoms with Gasteiger partial charge in [-0.25, -0.2) is 0 Å². The first-order valence-electron chi connectivity index (χ1n) is 4.53. The molecule has 0 aromatic heterocycles. The first kappa shape index (κ1) is 11.4. The van der Waals surface area contributed by atoms with Gasteiger partial charge >= 0.3 is 0 Å². The lowest BCUT2D eigenvalue weighted by Crippen LogP contribution is -2.46. The number of hydrogen-bond donors (Lipinski definition) is 0. The lowest BCUT2D eigenvalue weighted by Gasteiger charge is -2.37. The Bertz CT molecular complexity index is 196. The molecule has 1 rings (SSSR count). The molecule has 0 N–H and O–H groups in total. The smallest absolute Gasteiger partial charge is 0.223 e. The highest BCUT2D eigenvalue weighted by Gasteiger charge is 2.29. The summed E-state index contributed by atoms with van der Waals surface area (Å²) in [5.41, 5.74) is 0. The van der Waals surface area contributed by atoms with E-state index in [0.29, 0.717) is 6.42 Å². The van der Waals surface area contributed by atoms with Crippen LogP contribution < -0.4 is 0 Å². The van der Waals surface area contributed by atoms with E-state index >= 15 is 0 Å². The van der Waals surface area contributed by atoms with Crippen molar-refractivity contribution in [1.82, 2.24) is 4.90 Å². The number of thioether (sulfide) groups is 1. The van der Waals surface area contributed by atoms with Crippen LogP contribution in [0.25, 0.3) is 0 Å². The molecule has 0 spiro atoms. The van der Waals surface area contributed by atoms with Crippen molar-refractivity contribution in [3.63, 3.8) is 0 Å². The molecule has 0 unspecified atom stereocenters. The number of alkyl halides is 1. The standard InChI is InChI=1S/C9H16BrNOS/c1-9(2)7-11(5-6-13-9)8(12)3-4-10/h3-7H2,1-2H3. The van der Waals surface area contributed by atoms with Gasteiger partial charge in [0.25, 0.3) is 0 Å². The second kappa shape index (κ2) is 4.69. The largest absolute Gasteiger partial charge is 0.340 e. The maximum atomic E-state index is 11.6. The molecule has 1 fully saturated rings. The lowest BCUT2D eigenvalue weighted by molar-refractivity contribution is -0.130. The Morgan fingerprint density at radius 1 is 1.62 bits per heavy atom. The van der Waals surface area contributed by atoms with Crippen LogP contribution in [-0.2, 0) is 4.79 Å². The predicted octanol–water partition coefficient (Wildman–Crippen LogP) is 2.13. The molecule has 1 heterocycles. The summed E-state index contributed by atoms with van der Waals surface area (Å²) in [5.74, 6) is 1.35. The Labute approximate surface area is 92.6 Å². The van der Waals surface area contributed by atoms with Gasteiger partial charge in [0.1, 0.15) is 0 Å². The highest BCUT2D eigenvalue weighted by Crippen LogP contribution is 2.29. The molecule has 1 aliphatic rings. The monoisotopic (exact) mass is 265 g/mol. The summed E-state index contributed by atoms with van der Waals surface area (Å²) in [6, 6.07) is 0. The minimum Gasteiger partial charge on any atom is -0.340 e. The zero-order valence-corrected chi connectivity index (χ0v) is 10.6. The number of halogens is 1. The SMILES string of the molecule is CC1(C)CN(C(=O)CCBr)CCS1. The van der Waals surface area contributed by atoms with E-state index in [4.69, 9.17) is 0 Å².